The van der Waals surface area contributed by atoms with Gasteiger partial charge in [0.25, 0.3) is 5.91 Å². The third-order valence-electron chi connectivity index (χ3n) is 4.98. The van der Waals surface area contributed by atoms with Gasteiger partial charge in [-0.2, -0.15) is 0 Å². The van der Waals surface area contributed by atoms with Crippen LogP contribution in [0.1, 0.15) is 44.5 Å². The fourth-order valence-corrected chi connectivity index (χ4v) is 3.03. The van der Waals surface area contributed by atoms with Crippen LogP contribution in [0.25, 0.3) is 0 Å². The van der Waals surface area contributed by atoms with Gasteiger partial charge in [-0.05, 0) is 38.1 Å². The molecule has 1 aromatic rings. The molecule has 6 nitrogen and oxygen atoms in total. The van der Waals surface area contributed by atoms with Crippen molar-refractivity contribution in [1.82, 2.24) is 5.32 Å². The Kier molecular flexibility index (Phi) is 5.30. The number of nitrogens with two attached hydrogens (primary N) is 1. The van der Waals surface area contributed by atoms with E-state index in [1.54, 1.807) is 24.3 Å². The van der Waals surface area contributed by atoms with E-state index in [1.807, 2.05) is 27.7 Å². The molecule has 0 heterocycles. The molecule has 0 bridgehead atoms. The van der Waals surface area contributed by atoms with E-state index in [2.05, 4.69) is 10.6 Å². The van der Waals surface area contributed by atoms with E-state index in [0.717, 1.165) is 0 Å². The van der Waals surface area contributed by atoms with Gasteiger partial charge < -0.3 is 21.1 Å². The predicted molar refractivity (Wildman–Crippen MR) is 93.8 cm³/mol. The zero-order valence-electron chi connectivity index (χ0n) is 14.8. The molecule has 6 heteroatoms. The van der Waals surface area contributed by atoms with E-state index in [9.17, 15) is 9.59 Å². The highest BCUT2D eigenvalue weighted by Gasteiger charge is 2.62. The number of rotatable bonds is 6. The number of hydrogen-bond donors (Lipinski definition) is 3. The van der Waals surface area contributed by atoms with Crippen molar-refractivity contribution in [3.05, 3.63) is 29.8 Å². The first-order valence-corrected chi connectivity index (χ1v) is 8.36. The maximum Gasteiger partial charge on any atom is 0.251 e. The van der Waals surface area contributed by atoms with E-state index >= 15 is 0 Å². The van der Waals surface area contributed by atoms with Crippen LogP contribution in [0, 0.1) is 5.41 Å². The van der Waals surface area contributed by atoms with Gasteiger partial charge in [0.05, 0.1) is 6.10 Å². The van der Waals surface area contributed by atoms with Gasteiger partial charge in [0, 0.05) is 36.2 Å². The second-order valence-corrected chi connectivity index (χ2v) is 6.73. The molecule has 0 saturated heterocycles. The molecule has 1 aliphatic rings. The summed E-state index contributed by atoms with van der Waals surface area (Å²) < 4.78 is 5.65. The maximum atomic E-state index is 12.6. The average molecular weight is 333 g/mol. The number of amides is 2. The lowest BCUT2D eigenvalue weighted by molar-refractivity contribution is -0.166. The van der Waals surface area contributed by atoms with Crippen LogP contribution in [0.2, 0.25) is 0 Å². The smallest absolute Gasteiger partial charge is 0.251 e. The summed E-state index contributed by atoms with van der Waals surface area (Å²) in [4.78, 5) is 24.4. The Bertz CT molecular complexity index is 612. The molecule has 0 spiro atoms. The number of carbonyl (C=O) groups excluding carboxylic acids is 2. The highest BCUT2D eigenvalue weighted by molar-refractivity contribution is 6.00. The molecule has 1 fully saturated rings. The van der Waals surface area contributed by atoms with E-state index in [4.69, 9.17) is 10.5 Å². The molecule has 2 rings (SSSR count). The second-order valence-electron chi connectivity index (χ2n) is 6.73. The van der Waals surface area contributed by atoms with Crippen molar-refractivity contribution in [2.24, 2.45) is 11.1 Å². The van der Waals surface area contributed by atoms with Gasteiger partial charge in [-0.3, -0.25) is 9.59 Å². The number of ether oxygens (including phenoxy) is 1. The molecular formula is C18H27N3O3. The topological polar surface area (TPSA) is 93.5 Å². The minimum Gasteiger partial charge on any atom is -0.378 e. The van der Waals surface area contributed by atoms with Crippen molar-refractivity contribution in [2.45, 2.75) is 45.8 Å². The number of anilines is 1. The third-order valence-corrected chi connectivity index (χ3v) is 4.98. The quantitative estimate of drug-likeness (QED) is 0.741. The lowest BCUT2D eigenvalue weighted by atomic mass is 9.54. The minimum atomic E-state index is -0.967. The monoisotopic (exact) mass is 333 g/mol. The summed E-state index contributed by atoms with van der Waals surface area (Å²) in [5.74, 6) is -0.362. The molecular weight excluding hydrogens is 306 g/mol. The second kappa shape index (κ2) is 6.91. The molecule has 0 radical (unpaired) electrons. The Labute approximate surface area is 143 Å². The van der Waals surface area contributed by atoms with Crippen LogP contribution in [0.15, 0.2) is 24.3 Å². The zero-order valence-corrected chi connectivity index (χ0v) is 14.8. The van der Waals surface area contributed by atoms with Gasteiger partial charge in [0.1, 0.15) is 5.54 Å². The lowest BCUT2D eigenvalue weighted by Crippen LogP contribution is -2.74. The van der Waals surface area contributed by atoms with Gasteiger partial charge in [0.2, 0.25) is 5.91 Å². The summed E-state index contributed by atoms with van der Waals surface area (Å²) >= 11 is 0. The standard InChI is InChI=1S/C18H27N3O3/c1-5-20-15(22)12-7-9-13(10-8-12)21-16(23)18(19)11-14(24-6-2)17(18,3)4/h7-10,14H,5-6,11,19H2,1-4H3,(H,20,22)(H,21,23). The molecule has 0 aromatic heterocycles. The molecule has 4 N–H and O–H groups in total. The number of benzene rings is 1. The number of hydrogen-bond acceptors (Lipinski definition) is 4. The summed E-state index contributed by atoms with van der Waals surface area (Å²) in [6.45, 7) is 8.88. The third kappa shape index (κ3) is 3.16. The van der Waals surface area contributed by atoms with Crippen molar-refractivity contribution < 1.29 is 14.3 Å². The highest BCUT2D eigenvalue weighted by Crippen LogP contribution is 2.50. The molecule has 1 aliphatic carbocycles. The van der Waals surface area contributed by atoms with Crippen LogP contribution >= 0.6 is 0 Å². The highest BCUT2D eigenvalue weighted by atomic mass is 16.5. The first-order valence-electron chi connectivity index (χ1n) is 8.36. The molecule has 2 unspecified atom stereocenters. The van der Waals surface area contributed by atoms with Crippen molar-refractivity contribution in [3.8, 4) is 0 Å². The molecule has 2 amide bonds. The molecule has 1 saturated carbocycles. The van der Waals surface area contributed by atoms with Crippen LogP contribution in [-0.4, -0.2) is 36.6 Å². The number of carbonyl (C=O) groups is 2. The summed E-state index contributed by atoms with van der Waals surface area (Å²) in [5, 5.41) is 5.58. The Balaban J connectivity index is 2.04. The Morgan fingerprint density at radius 2 is 1.88 bits per heavy atom. The van der Waals surface area contributed by atoms with Crippen LogP contribution in [0.3, 0.4) is 0 Å². The van der Waals surface area contributed by atoms with Gasteiger partial charge in [-0.1, -0.05) is 13.8 Å². The molecule has 132 valence electrons. The maximum absolute atomic E-state index is 12.6. The Hall–Kier alpha value is -1.92. The number of nitrogens with one attached hydrogen (secondary N) is 2. The fraction of sp³-hybridized carbons (Fsp3) is 0.556. The van der Waals surface area contributed by atoms with Crippen LogP contribution in [-0.2, 0) is 9.53 Å². The van der Waals surface area contributed by atoms with Crippen molar-refractivity contribution in [1.29, 1.82) is 0 Å². The van der Waals surface area contributed by atoms with Crippen molar-refractivity contribution in [2.75, 3.05) is 18.5 Å². The normalized spacial score (nSPS) is 24.8. The first kappa shape index (κ1) is 18.4. The first-order chi connectivity index (χ1) is 11.3. The van der Waals surface area contributed by atoms with Crippen LogP contribution in [0.4, 0.5) is 5.69 Å². The van der Waals surface area contributed by atoms with E-state index < -0.39 is 11.0 Å². The summed E-state index contributed by atoms with van der Waals surface area (Å²) in [6.07, 6.45) is 0.481. The van der Waals surface area contributed by atoms with E-state index in [1.165, 1.54) is 0 Å². The Morgan fingerprint density at radius 1 is 1.25 bits per heavy atom. The summed E-state index contributed by atoms with van der Waals surface area (Å²) in [5.41, 5.74) is 6.12. The molecule has 0 aliphatic heterocycles. The van der Waals surface area contributed by atoms with E-state index in [0.29, 0.717) is 30.8 Å². The van der Waals surface area contributed by atoms with Crippen LogP contribution in [0.5, 0.6) is 0 Å². The van der Waals surface area contributed by atoms with Gasteiger partial charge >= 0.3 is 0 Å². The SMILES string of the molecule is CCNC(=O)c1ccc(NC(=O)C2(N)CC(OCC)C2(C)C)cc1. The summed E-state index contributed by atoms with van der Waals surface area (Å²) in [6, 6.07) is 6.77. The fourth-order valence-electron chi connectivity index (χ4n) is 3.03. The molecule has 24 heavy (non-hydrogen) atoms. The summed E-state index contributed by atoms with van der Waals surface area (Å²) in [7, 11) is 0. The van der Waals surface area contributed by atoms with Gasteiger partial charge in [-0.15, -0.1) is 0 Å². The van der Waals surface area contributed by atoms with Gasteiger partial charge in [-0.25, -0.2) is 0 Å². The van der Waals surface area contributed by atoms with E-state index in [-0.39, 0.29) is 17.9 Å². The average Bonchev–Trinajstić information content (AvgIpc) is 2.55. The van der Waals surface area contributed by atoms with Crippen molar-refractivity contribution in [3.63, 3.8) is 0 Å². The molecule has 2 atom stereocenters. The largest absolute Gasteiger partial charge is 0.378 e. The lowest BCUT2D eigenvalue weighted by Gasteiger charge is -2.57. The van der Waals surface area contributed by atoms with Gasteiger partial charge in [0.15, 0.2) is 0 Å². The van der Waals surface area contributed by atoms with Crippen molar-refractivity contribution >= 4 is 17.5 Å². The van der Waals surface area contributed by atoms with Crippen LogP contribution < -0.4 is 16.4 Å². The predicted octanol–water partition coefficient (Wildman–Crippen LogP) is 1.91. The zero-order chi connectivity index (χ0) is 18.0. The molecule has 1 aromatic carbocycles. The Morgan fingerprint density at radius 3 is 2.38 bits per heavy atom. The minimum absolute atomic E-state index is 0.0154.